The van der Waals surface area contributed by atoms with Gasteiger partial charge in [-0.05, 0) is 30.2 Å². The molecule has 0 spiro atoms. The normalized spacial score (nSPS) is 10.0. The minimum Gasteiger partial charge on any atom is -0.388 e. The fourth-order valence-corrected chi connectivity index (χ4v) is 1.68. The van der Waals surface area contributed by atoms with Gasteiger partial charge >= 0.3 is 0 Å². The van der Waals surface area contributed by atoms with Crippen molar-refractivity contribution in [3.8, 4) is 11.1 Å². The first kappa shape index (κ1) is 9.78. The minimum absolute atomic E-state index is 1.15. The standard InChI is InChI=1S/C14H15N/c1-11-5-3-6-12(9-11)13-7-4-8-14(10-13)15-2/h3-10,15H,1-2H3. The summed E-state index contributed by atoms with van der Waals surface area (Å²) in [6, 6.07) is 17.0. The Morgan fingerprint density at radius 2 is 1.53 bits per heavy atom. The van der Waals surface area contributed by atoms with Gasteiger partial charge in [0.05, 0.1) is 0 Å². The van der Waals surface area contributed by atoms with E-state index in [0.29, 0.717) is 0 Å². The second-order valence-corrected chi connectivity index (χ2v) is 3.70. The smallest absolute Gasteiger partial charge is 0.0343 e. The van der Waals surface area contributed by atoms with E-state index in [1.54, 1.807) is 0 Å². The lowest BCUT2D eigenvalue weighted by Crippen LogP contribution is -1.87. The third-order valence-electron chi connectivity index (χ3n) is 2.50. The third-order valence-corrected chi connectivity index (χ3v) is 2.50. The highest BCUT2D eigenvalue weighted by atomic mass is 14.8. The lowest BCUT2D eigenvalue weighted by atomic mass is 10.0. The topological polar surface area (TPSA) is 12.0 Å². The molecule has 0 radical (unpaired) electrons. The number of hydrogen-bond donors (Lipinski definition) is 1. The summed E-state index contributed by atoms with van der Waals surface area (Å²) in [5.41, 5.74) is 4.97. The molecular weight excluding hydrogens is 182 g/mol. The molecule has 0 aliphatic heterocycles. The van der Waals surface area contributed by atoms with Gasteiger partial charge in [-0.2, -0.15) is 0 Å². The van der Waals surface area contributed by atoms with Crippen LogP contribution in [-0.4, -0.2) is 7.05 Å². The van der Waals surface area contributed by atoms with Crippen molar-refractivity contribution in [1.82, 2.24) is 0 Å². The molecule has 2 rings (SSSR count). The van der Waals surface area contributed by atoms with Crippen LogP contribution in [0.15, 0.2) is 48.5 Å². The van der Waals surface area contributed by atoms with Crippen LogP contribution in [0.3, 0.4) is 0 Å². The summed E-state index contributed by atoms with van der Waals surface area (Å²) in [4.78, 5) is 0. The van der Waals surface area contributed by atoms with E-state index < -0.39 is 0 Å². The lowest BCUT2D eigenvalue weighted by molar-refractivity contribution is 1.46. The van der Waals surface area contributed by atoms with Crippen LogP contribution < -0.4 is 5.32 Å². The Hall–Kier alpha value is -1.76. The Labute approximate surface area is 90.8 Å². The zero-order valence-electron chi connectivity index (χ0n) is 9.12. The molecule has 0 saturated heterocycles. The van der Waals surface area contributed by atoms with Crippen molar-refractivity contribution in [2.75, 3.05) is 12.4 Å². The summed E-state index contributed by atoms with van der Waals surface area (Å²) in [5, 5.41) is 3.15. The van der Waals surface area contributed by atoms with Crippen LogP contribution in [-0.2, 0) is 0 Å². The summed E-state index contributed by atoms with van der Waals surface area (Å²) in [6.07, 6.45) is 0. The van der Waals surface area contributed by atoms with E-state index in [9.17, 15) is 0 Å². The van der Waals surface area contributed by atoms with Crippen molar-refractivity contribution in [3.63, 3.8) is 0 Å². The average Bonchev–Trinajstić information content (AvgIpc) is 2.29. The number of hydrogen-bond acceptors (Lipinski definition) is 1. The van der Waals surface area contributed by atoms with Gasteiger partial charge in [0.15, 0.2) is 0 Å². The van der Waals surface area contributed by atoms with E-state index in [0.717, 1.165) is 5.69 Å². The zero-order chi connectivity index (χ0) is 10.7. The largest absolute Gasteiger partial charge is 0.388 e. The molecule has 0 fully saturated rings. The van der Waals surface area contributed by atoms with Crippen molar-refractivity contribution in [2.24, 2.45) is 0 Å². The Balaban J connectivity index is 2.44. The van der Waals surface area contributed by atoms with Crippen molar-refractivity contribution in [1.29, 1.82) is 0 Å². The molecule has 0 bridgehead atoms. The summed E-state index contributed by atoms with van der Waals surface area (Å²) in [6.45, 7) is 2.12. The van der Waals surface area contributed by atoms with E-state index >= 15 is 0 Å². The predicted octanol–water partition coefficient (Wildman–Crippen LogP) is 3.70. The van der Waals surface area contributed by atoms with Crippen LogP contribution in [0, 0.1) is 6.92 Å². The van der Waals surface area contributed by atoms with Gasteiger partial charge in [0.2, 0.25) is 0 Å². The molecule has 76 valence electrons. The van der Waals surface area contributed by atoms with Crippen molar-refractivity contribution in [2.45, 2.75) is 6.92 Å². The molecule has 15 heavy (non-hydrogen) atoms. The van der Waals surface area contributed by atoms with E-state index in [-0.39, 0.29) is 0 Å². The zero-order valence-corrected chi connectivity index (χ0v) is 9.12. The van der Waals surface area contributed by atoms with E-state index in [1.165, 1.54) is 16.7 Å². The van der Waals surface area contributed by atoms with Gasteiger partial charge in [0.25, 0.3) is 0 Å². The van der Waals surface area contributed by atoms with Crippen LogP contribution in [0.5, 0.6) is 0 Å². The SMILES string of the molecule is CNc1cccc(-c2cccc(C)c2)c1. The molecule has 0 aromatic heterocycles. The molecule has 0 heterocycles. The molecule has 0 aliphatic carbocycles. The Morgan fingerprint density at radius 1 is 0.867 bits per heavy atom. The van der Waals surface area contributed by atoms with Crippen LogP contribution in [0.25, 0.3) is 11.1 Å². The van der Waals surface area contributed by atoms with Gasteiger partial charge in [0, 0.05) is 12.7 Å². The molecule has 0 atom stereocenters. The van der Waals surface area contributed by atoms with Crippen molar-refractivity contribution < 1.29 is 0 Å². The summed E-state index contributed by atoms with van der Waals surface area (Å²) in [7, 11) is 1.94. The fourth-order valence-electron chi connectivity index (χ4n) is 1.68. The Morgan fingerprint density at radius 3 is 2.20 bits per heavy atom. The first-order chi connectivity index (χ1) is 7.29. The maximum absolute atomic E-state index is 3.15. The van der Waals surface area contributed by atoms with Crippen molar-refractivity contribution >= 4 is 5.69 Å². The summed E-state index contributed by atoms with van der Waals surface area (Å²) in [5.74, 6) is 0. The molecule has 0 saturated carbocycles. The van der Waals surface area contributed by atoms with Gasteiger partial charge in [-0.15, -0.1) is 0 Å². The lowest BCUT2D eigenvalue weighted by Gasteiger charge is -2.05. The minimum atomic E-state index is 1.15. The number of rotatable bonds is 2. The van der Waals surface area contributed by atoms with E-state index in [2.05, 4.69) is 60.8 Å². The van der Waals surface area contributed by atoms with Crippen LogP contribution in [0.2, 0.25) is 0 Å². The highest BCUT2D eigenvalue weighted by molar-refractivity contribution is 5.68. The van der Waals surface area contributed by atoms with Crippen LogP contribution in [0.1, 0.15) is 5.56 Å². The number of nitrogens with one attached hydrogen (secondary N) is 1. The first-order valence-electron chi connectivity index (χ1n) is 5.14. The third kappa shape index (κ3) is 2.18. The molecule has 1 N–H and O–H groups in total. The number of benzene rings is 2. The molecular formula is C14H15N. The summed E-state index contributed by atoms with van der Waals surface area (Å²) < 4.78 is 0. The molecule has 0 amide bonds. The Kier molecular flexibility index (Phi) is 2.72. The maximum Gasteiger partial charge on any atom is 0.0343 e. The van der Waals surface area contributed by atoms with E-state index in [4.69, 9.17) is 0 Å². The van der Waals surface area contributed by atoms with Gasteiger partial charge in [-0.25, -0.2) is 0 Å². The highest BCUT2D eigenvalue weighted by Gasteiger charge is 1.98. The average molecular weight is 197 g/mol. The molecule has 0 unspecified atom stereocenters. The monoisotopic (exact) mass is 197 g/mol. The molecule has 2 aromatic rings. The maximum atomic E-state index is 3.15. The van der Waals surface area contributed by atoms with E-state index in [1.807, 2.05) is 7.05 Å². The number of anilines is 1. The Bertz CT molecular complexity index is 460. The van der Waals surface area contributed by atoms with Crippen molar-refractivity contribution in [3.05, 3.63) is 54.1 Å². The second-order valence-electron chi connectivity index (χ2n) is 3.70. The molecule has 0 aliphatic rings. The molecule has 1 nitrogen and oxygen atoms in total. The van der Waals surface area contributed by atoms with Crippen LogP contribution >= 0.6 is 0 Å². The van der Waals surface area contributed by atoms with Gasteiger partial charge < -0.3 is 5.32 Å². The van der Waals surface area contributed by atoms with Gasteiger partial charge in [0.1, 0.15) is 0 Å². The molecule has 2 aromatic carbocycles. The fraction of sp³-hybridized carbons (Fsp3) is 0.143. The predicted molar refractivity (Wildman–Crippen MR) is 66.2 cm³/mol. The molecule has 1 heteroatoms. The van der Waals surface area contributed by atoms with Gasteiger partial charge in [-0.1, -0.05) is 42.0 Å². The second kappa shape index (κ2) is 4.18. The van der Waals surface area contributed by atoms with Crippen LogP contribution in [0.4, 0.5) is 5.69 Å². The van der Waals surface area contributed by atoms with Gasteiger partial charge in [-0.3, -0.25) is 0 Å². The first-order valence-corrected chi connectivity index (χ1v) is 5.14. The summed E-state index contributed by atoms with van der Waals surface area (Å²) >= 11 is 0. The quantitative estimate of drug-likeness (QED) is 0.774. The highest BCUT2D eigenvalue weighted by Crippen LogP contribution is 2.22. The number of aryl methyl sites for hydroxylation is 1.